The van der Waals surface area contributed by atoms with E-state index >= 15 is 0 Å². The van der Waals surface area contributed by atoms with Crippen molar-refractivity contribution in [2.24, 2.45) is 0 Å². The van der Waals surface area contributed by atoms with Gasteiger partial charge in [-0.25, -0.2) is 0 Å². The fourth-order valence-corrected chi connectivity index (χ4v) is 3.04. The first-order chi connectivity index (χ1) is 4.38. The Labute approximate surface area is 60.4 Å². The normalized spacial score (nSPS) is 16.0. The minimum Gasteiger partial charge on any atom is -0.277 e. The number of thioether (sulfide) groups is 1. The van der Waals surface area contributed by atoms with Gasteiger partial charge in [-0.05, 0) is 0 Å². The molecule has 0 bridgehead atoms. The van der Waals surface area contributed by atoms with E-state index in [0.29, 0.717) is 0 Å². The van der Waals surface area contributed by atoms with Crippen LogP contribution in [0.4, 0.5) is 0 Å². The molecule has 0 saturated carbocycles. The Bertz CT molecular complexity index is 275. The molecular formula is C5H5NOS2. The molecule has 0 spiro atoms. The van der Waals surface area contributed by atoms with Crippen molar-refractivity contribution in [1.29, 1.82) is 0 Å². The Morgan fingerprint density at radius 3 is 3.11 bits per heavy atom. The third kappa shape index (κ3) is 0.737. The van der Waals surface area contributed by atoms with Crippen molar-refractivity contribution in [2.45, 2.75) is 11.5 Å². The van der Waals surface area contributed by atoms with Gasteiger partial charge < -0.3 is 0 Å². The van der Waals surface area contributed by atoms with Crippen LogP contribution in [0.5, 0.6) is 0 Å². The molecule has 1 aliphatic heterocycles. The van der Waals surface area contributed by atoms with Gasteiger partial charge in [0.25, 0.3) is 5.56 Å². The van der Waals surface area contributed by atoms with E-state index in [0.717, 1.165) is 17.1 Å². The van der Waals surface area contributed by atoms with E-state index in [9.17, 15) is 4.79 Å². The summed E-state index contributed by atoms with van der Waals surface area (Å²) in [6.45, 7) is 0. The Morgan fingerprint density at radius 1 is 1.44 bits per heavy atom. The molecule has 0 amide bonds. The molecule has 0 aromatic carbocycles. The first-order valence-corrected chi connectivity index (χ1v) is 4.62. The van der Waals surface area contributed by atoms with E-state index in [1.54, 1.807) is 0 Å². The summed E-state index contributed by atoms with van der Waals surface area (Å²) in [5.41, 5.74) is 1.13. The van der Waals surface area contributed by atoms with Gasteiger partial charge in [0.1, 0.15) is 0 Å². The van der Waals surface area contributed by atoms with Crippen molar-refractivity contribution in [3.63, 3.8) is 0 Å². The van der Waals surface area contributed by atoms with E-state index in [4.69, 9.17) is 0 Å². The van der Waals surface area contributed by atoms with Gasteiger partial charge in [-0.1, -0.05) is 11.5 Å². The summed E-state index contributed by atoms with van der Waals surface area (Å²) in [4.78, 5) is 12.1. The first-order valence-electron chi connectivity index (χ1n) is 2.65. The number of H-pyrrole nitrogens is 1. The van der Waals surface area contributed by atoms with Crippen LogP contribution in [0.25, 0.3) is 0 Å². The molecule has 48 valence electrons. The second-order valence-electron chi connectivity index (χ2n) is 1.93. The van der Waals surface area contributed by atoms with Crippen LogP contribution < -0.4 is 5.56 Å². The number of fused-ring (bicyclic) bond motifs is 1. The lowest BCUT2D eigenvalue weighted by Crippen LogP contribution is -2.01. The van der Waals surface area contributed by atoms with Crippen LogP contribution in [0.1, 0.15) is 10.4 Å². The molecule has 0 atom stereocenters. The van der Waals surface area contributed by atoms with E-state index < -0.39 is 0 Å². The SMILES string of the molecule is O=c1[nH]sc2c1CSC2. The fraction of sp³-hybridized carbons (Fsp3) is 0.400. The number of aromatic amines is 1. The second kappa shape index (κ2) is 1.88. The summed E-state index contributed by atoms with van der Waals surface area (Å²) in [5.74, 6) is 1.94. The van der Waals surface area contributed by atoms with Gasteiger partial charge in [0.05, 0.1) is 0 Å². The zero-order valence-electron chi connectivity index (χ0n) is 4.64. The maximum Gasteiger partial charge on any atom is 0.262 e. The molecule has 2 rings (SSSR count). The van der Waals surface area contributed by atoms with Gasteiger partial charge in [-0.2, -0.15) is 11.8 Å². The van der Waals surface area contributed by atoms with Crippen LogP contribution in [0.3, 0.4) is 0 Å². The molecule has 1 aromatic rings. The number of hydrogen-bond acceptors (Lipinski definition) is 3. The predicted octanol–water partition coefficient (Wildman–Crippen LogP) is 1.18. The zero-order chi connectivity index (χ0) is 6.27. The highest BCUT2D eigenvalue weighted by Crippen LogP contribution is 2.29. The van der Waals surface area contributed by atoms with Crippen LogP contribution in [-0.2, 0) is 11.5 Å². The highest BCUT2D eigenvalue weighted by atomic mass is 32.2. The smallest absolute Gasteiger partial charge is 0.262 e. The monoisotopic (exact) mass is 159 g/mol. The van der Waals surface area contributed by atoms with Gasteiger partial charge in [0.2, 0.25) is 0 Å². The summed E-state index contributed by atoms with van der Waals surface area (Å²) in [6.07, 6.45) is 0. The third-order valence-corrected chi connectivity index (χ3v) is 3.45. The lowest BCUT2D eigenvalue weighted by atomic mass is 10.3. The second-order valence-corrected chi connectivity index (χ2v) is 3.81. The molecule has 0 unspecified atom stereocenters. The summed E-state index contributed by atoms with van der Waals surface area (Å²) in [6, 6.07) is 0. The Hall–Kier alpha value is -0.220. The zero-order valence-corrected chi connectivity index (χ0v) is 6.27. The number of aromatic nitrogens is 1. The molecule has 0 fully saturated rings. The average Bonchev–Trinajstić information content (AvgIpc) is 2.35. The number of rotatable bonds is 0. The maximum atomic E-state index is 10.9. The number of nitrogens with one attached hydrogen (secondary N) is 1. The van der Waals surface area contributed by atoms with Crippen LogP contribution in [0, 0.1) is 0 Å². The van der Waals surface area contributed by atoms with Crippen LogP contribution in [0.2, 0.25) is 0 Å². The van der Waals surface area contributed by atoms with Crippen LogP contribution in [0.15, 0.2) is 4.79 Å². The van der Waals surface area contributed by atoms with Crippen LogP contribution >= 0.6 is 23.3 Å². The summed E-state index contributed by atoms with van der Waals surface area (Å²) >= 11 is 3.29. The van der Waals surface area contributed by atoms with Gasteiger partial charge in [0, 0.05) is 21.9 Å². The minimum atomic E-state index is 0.125. The highest BCUT2D eigenvalue weighted by Gasteiger charge is 2.15. The van der Waals surface area contributed by atoms with E-state index in [1.807, 2.05) is 11.8 Å². The average molecular weight is 159 g/mol. The summed E-state index contributed by atoms with van der Waals surface area (Å²) in [7, 11) is 0. The summed E-state index contributed by atoms with van der Waals surface area (Å²) in [5, 5.41) is 0. The standard InChI is InChI=1S/C5H5NOS2/c7-5-3-1-8-2-4(3)9-6-5/h1-2H2,(H,6,7). The highest BCUT2D eigenvalue weighted by molar-refractivity contribution is 7.98. The van der Waals surface area contributed by atoms with Crippen molar-refractivity contribution < 1.29 is 0 Å². The minimum absolute atomic E-state index is 0.125. The van der Waals surface area contributed by atoms with Gasteiger partial charge in [-0.3, -0.25) is 9.17 Å². The Kier molecular flexibility index (Phi) is 1.16. The topological polar surface area (TPSA) is 32.9 Å². The molecule has 9 heavy (non-hydrogen) atoms. The van der Waals surface area contributed by atoms with Crippen molar-refractivity contribution in [3.8, 4) is 0 Å². The van der Waals surface area contributed by atoms with Crippen molar-refractivity contribution in [3.05, 3.63) is 20.8 Å². The van der Waals surface area contributed by atoms with Crippen molar-refractivity contribution in [1.82, 2.24) is 4.37 Å². The quantitative estimate of drug-likeness (QED) is 0.616. The molecule has 2 nitrogen and oxygen atoms in total. The van der Waals surface area contributed by atoms with E-state index in [-0.39, 0.29) is 5.56 Å². The van der Waals surface area contributed by atoms with Crippen molar-refractivity contribution in [2.75, 3.05) is 0 Å². The first kappa shape index (κ1) is 5.56. The predicted molar refractivity (Wildman–Crippen MR) is 39.9 cm³/mol. The molecular weight excluding hydrogens is 154 g/mol. The fourth-order valence-electron chi connectivity index (χ4n) is 0.866. The Balaban J connectivity index is 2.70. The molecule has 0 saturated heterocycles. The van der Waals surface area contributed by atoms with Gasteiger partial charge in [0.15, 0.2) is 0 Å². The van der Waals surface area contributed by atoms with Crippen molar-refractivity contribution >= 4 is 23.3 Å². The van der Waals surface area contributed by atoms with Gasteiger partial charge in [-0.15, -0.1) is 0 Å². The summed E-state index contributed by atoms with van der Waals surface area (Å²) < 4.78 is 2.71. The lowest BCUT2D eigenvalue weighted by Gasteiger charge is -1.77. The molecule has 4 heteroatoms. The van der Waals surface area contributed by atoms with Gasteiger partial charge >= 0.3 is 0 Å². The molecule has 1 N–H and O–H groups in total. The third-order valence-electron chi connectivity index (χ3n) is 1.36. The molecule has 1 aliphatic rings. The lowest BCUT2D eigenvalue weighted by molar-refractivity contribution is 1.30. The van der Waals surface area contributed by atoms with Crippen LogP contribution in [-0.4, -0.2) is 4.37 Å². The molecule has 1 aromatic heterocycles. The molecule has 0 radical (unpaired) electrons. The largest absolute Gasteiger partial charge is 0.277 e. The Morgan fingerprint density at radius 2 is 2.33 bits per heavy atom. The molecule has 2 heterocycles. The number of hydrogen-bond donors (Lipinski definition) is 1. The van der Waals surface area contributed by atoms with E-state index in [1.165, 1.54) is 16.4 Å². The molecule has 0 aliphatic carbocycles. The maximum absolute atomic E-state index is 10.9. The van der Waals surface area contributed by atoms with E-state index in [2.05, 4.69) is 4.37 Å².